The van der Waals surface area contributed by atoms with Crippen molar-refractivity contribution in [3.05, 3.63) is 29.3 Å². The molecule has 1 fully saturated rings. The van der Waals surface area contributed by atoms with Gasteiger partial charge in [0.25, 0.3) is 0 Å². The van der Waals surface area contributed by atoms with Crippen LogP contribution in [0.1, 0.15) is 19.8 Å². The Bertz CT molecular complexity index is 445. The zero-order chi connectivity index (χ0) is 14.4. The fourth-order valence-electron chi connectivity index (χ4n) is 2.19. The highest BCUT2D eigenvalue weighted by Crippen LogP contribution is 2.16. The van der Waals surface area contributed by atoms with E-state index in [1.165, 1.54) is 12.8 Å². The standard InChI is InChI=1S/C15H22ClN3O.HI/c1-12-6-9-19(10-7-12)15(17)18-8-11-20-14-4-2-13(16)3-5-14;/h2-5,12H,6-11H2,1H3,(H2,17,18);1H. The van der Waals surface area contributed by atoms with Gasteiger partial charge in [-0.2, -0.15) is 0 Å². The average Bonchev–Trinajstić information content (AvgIpc) is 2.46. The first-order valence-corrected chi connectivity index (χ1v) is 7.46. The number of nitrogens with two attached hydrogens (primary N) is 1. The second kappa shape index (κ2) is 9.35. The van der Waals surface area contributed by atoms with Crippen LogP contribution in [0.15, 0.2) is 29.3 Å². The van der Waals surface area contributed by atoms with E-state index >= 15 is 0 Å². The van der Waals surface area contributed by atoms with Gasteiger partial charge in [-0.3, -0.25) is 0 Å². The summed E-state index contributed by atoms with van der Waals surface area (Å²) >= 11 is 5.81. The molecule has 1 heterocycles. The van der Waals surface area contributed by atoms with Gasteiger partial charge in [0.05, 0.1) is 6.54 Å². The summed E-state index contributed by atoms with van der Waals surface area (Å²) < 4.78 is 5.58. The number of nitrogens with zero attached hydrogens (tertiary/aromatic N) is 2. The fourth-order valence-corrected chi connectivity index (χ4v) is 2.32. The quantitative estimate of drug-likeness (QED) is 0.350. The zero-order valence-corrected chi connectivity index (χ0v) is 15.4. The van der Waals surface area contributed by atoms with Crippen LogP contribution in [0.3, 0.4) is 0 Å². The smallest absolute Gasteiger partial charge is 0.191 e. The van der Waals surface area contributed by atoms with Gasteiger partial charge in [-0.1, -0.05) is 18.5 Å². The molecule has 0 saturated carbocycles. The van der Waals surface area contributed by atoms with Crippen LogP contribution >= 0.6 is 35.6 Å². The van der Waals surface area contributed by atoms with E-state index in [-0.39, 0.29) is 24.0 Å². The molecule has 0 unspecified atom stereocenters. The summed E-state index contributed by atoms with van der Waals surface area (Å²) in [5, 5.41) is 0.707. The molecule has 118 valence electrons. The van der Waals surface area contributed by atoms with Crippen molar-refractivity contribution in [2.24, 2.45) is 16.6 Å². The minimum atomic E-state index is 0. The minimum absolute atomic E-state index is 0. The summed E-state index contributed by atoms with van der Waals surface area (Å²) in [5.41, 5.74) is 6.00. The average molecular weight is 424 g/mol. The number of hydrogen-bond donors (Lipinski definition) is 1. The van der Waals surface area contributed by atoms with Crippen LogP contribution < -0.4 is 10.5 Å². The Morgan fingerprint density at radius 1 is 1.33 bits per heavy atom. The Kier molecular flexibility index (Phi) is 8.18. The van der Waals surface area contributed by atoms with Crippen LogP contribution in [0.5, 0.6) is 5.75 Å². The van der Waals surface area contributed by atoms with E-state index in [0.29, 0.717) is 24.1 Å². The highest BCUT2D eigenvalue weighted by molar-refractivity contribution is 14.0. The van der Waals surface area contributed by atoms with Crippen LogP contribution in [0.2, 0.25) is 5.02 Å². The number of likely N-dealkylation sites (tertiary alicyclic amines) is 1. The molecular weight excluding hydrogens is 401 g/mol. The van der Waals surface area contributed by atoms with Crippen LogP contribution in [-0.2, 0) is 0 Å². The van der Waals surface area contributed by atoms with Gasteiger partial charge in [-0.15, -0.1) is 24.0 Å². The van der Waals surface area contributed by atoms with Crippen molar-refractivity contribution in [2.45, 2.75) is 19.8 Å². The molecule has 1 aliphatic heterocycles. The van der Waals surface area contributed by atoms with Crippen LogP contribution in [0, 0.1) is 5.92 Å². The molecule has 0 amide bonds. The minimum Gasteiger partial charge on any atom is -0.492 e. The number of benzene rings is 1. The lowest BCUT2D eigenvalue weighted by atomic mass is 10.00. The molecule has 0 atom stereocenters. The Labute approximate surface area is 148 Å². The maximum atomic E-state index is 6.00. The number of hydrogen-bond acceptors (Lipinski definition) is 2. The van der Waals surface area contributed by atoms with Gasteiger partial charge in [-0.05, 0) is 43.0 Å². The van der Waals surface area contributed by atoms with Gasteiger partial charge in [-0.25, -0.2) is 4.99 Å². The van der Waals surface area contributed by atoms with Crippen LogP contribution in [0.4, 0.5) is 0 Å². The van der Waals surface area contributed by atoms with E-state index in [1.807, 2.05) is 24.3 Å². The van der Waals surface area contributed by atoms with E-state index in [0.717, 1.165) is 24.8 Å². The lowest BCUT2D eigenvalue weighted by Crippen LogP contribution is -2.42. The van der Waals surface area contributed by atoms with Gasteiger partial charge < -0.3 is 15.4 Å². The molecule has 0 bridgehead atoms. The lowest BCUT2D eigenvalue weighted by molar-refractivity contribution is 0.276. The van der Waals surface area contributed by atoms with Crippen molar-refractivity contribution in [3.63, 3.8) is 0 Å². The molecule has 0 aromatic heterocycles. The molecule has 6 heteroatoms. The van der Waals surface area contributed by atoms with Crippen molar-refractivity contribution in [3.8, 4) is 5.75 Å². The monoisotopic (exact) mass is 423 g/mol. The van der Waals surface area contributed by atoms with E-state index < -0.39 is 0 Å². The third-order valence-electron chi connectivity index (χ3n) is 3.56. The van der Waals surface area contributed by atoms with Crippen molar-refractivity contribution in [2.75, 3.05) is 26.2 Å². The molecule has 0 aliphatic carbocycles. The first kappa shape index (κ1) is 18.4. The molecule has 0 spiro atoms. The van der Waals surface area contributed by atoms with Crippen molar-refractivity contribution < 1.29 is 4.74 Å². The molecule has 1 aromatic rings. The predicted octanol–water partition coefficient (Wildman–Crippen LogP) is 3.38. The number of aliphatic imine (C=N–C) groups is 1. The van der Waals surface area contributed by atoms with Crippen LogP contribution in [0.25, 0.3) is 0 Å². The second-order valence-electron chi connectivity index (χ2n) is 5.21. The molecule has 0 radical (unpaired) electrons. The van der Waals surface area contributed by atoms with E-state index in [1.54, 1.807) is 0 Å². The number of halogens is 2. The SMILES string of the molecule is CC1CCN(C(N)=NCCOc2ccc(Cl)cc2)CC1.I. The van der Waals surface area contributed by atoms with Gasteiger partial charge in [0.15, 0.2) is 5.96 Å². The highest BCUT2D eigenvalue weighted by Gasteiger charge is 2.16. The third-order valence-corrected chi connectivity index (χ3v) is 3.81. The first-order chi connectivity index (χ1) is 9.65. The predicted molar refractivity (Wildman–Crippen MR) is 98.8 cm³/mol. The second-order valence-corrected chi connectivity index (χ2v) is 5.65. The molecule has 2 rings (SSSR count). The highest BCUT2D eigenvalue weighted by atomic mass is 127. The van der Waals surface area contributed by atoms with Gasteiger partial charge in [0.1, 0.15) is 12.4 Å². The summed E-state index contributed by atoms with van der Waals surface area (Å²) in [5.74, 6) is 2.24. The number of guanidine groups is 1. The van der Waals surface area contributed by atoms with E-state index in [2.05, 4.69) is 16.8 Å². The molecule has 1 saturated heterocycles. The maximum Gasteiger partial charge on any atom is 0.191 e. The van der Waals surface area contributed by atoms with Gasteiger partial charge in [0, 0.05) is 18.1 Å². The fraction of sp³-hybridized carbons (Fsp3) is 0.533. The molecule has 2 N–H and O–H groups in total. The summed E-state index contributed by atoms with van der Waals surface area (Å²) in [6, 6.07) is 7.32. The maximum absolute atomic E-state index is 6.00. The molecule has 1 aliphatic rings. The van der Waals surface area contributed by atoms with Crippen molar-refractivity contribution in [1.29, 1.82) is 0 Å². The zero-order valence-electron chi connectivity index (χ0n) is 12.3. The summed E-state index contributed by atoms with van der Waals surface area (Å²) in [6.45, 7) is 5.39. The summed E-state index contributed by atoms with van der Waals surface area (Å²) in [6.07, 6.45) is 2.38. The van der Waals surface area contributed by atoms with Gasteiger partial charge >= 0.3 is 0 Å². The normalized spacial score (nSPS) is 16.5. The van der Waals surface area contributed by atoms with E-state index in [9.17, 15) is 0 Å². The molecular formula is C15H23ClIN3O. The topological polar surface area (TPSA) is 50.8 Å². The Hall–Kier alpha value is -0.690. The Morgan fingerprint density at radius 3 is 2.57 bits per heavy atom. The van der Waals surface area contributed by atoms with Crippen molar-refractivity contribution in [1.82, 2.24) is 4.90 Å². The first-order valence-electron chi connectivity index (χ1n) is 7.08. The molecule has 1 aromatic carbocycles. The third kappa shape index (κ3) is 6.30. The number of piperidine rings is 1. The Morgan fingerprint density at radius 2 is 1.95 bits per heavy atom. The summed E-state index contributed by atoms with van der Waals surface area (Å²) in [4.78, 5) is 6.53. The summed E-state index contributed by atoms with van der Waals surface area (Å²) in [7, 11) is 0. The van der Waals surface area contributed by atoms with E-state index in [4.69, 9.17) is 22.1 Å². The van der Waals surface area contributed by atoms with Crippen LogP contribution in [-0.4, -0.2) is 37.1 Å². The Balaban J connectivity index is 0.00000220. The van der Waals surface area contributed by atoms with Gasteiger partial charge in [0.2, 0.25) is 0 Å². The van der Waals surface area contributed by atoms with Crippen molar-refractivity contribution >= 4 is 41.5 Å². The number of rotatable bonds is 4. The largest absolute Gasteiger partial charge is 0.492 e. The lowest BCUT2D eigenvalue weighted by Gasteiger charge is -2.31. The number of ether oxygens (including phenoxy) is 1. The molecule has 21 heavy (non-hydrogen) atoms. The molecule has 4 nitrogen and oxygen atoms in total.